The zero-order chi connectivity index (χ0) is 10.1. The zero-order valence-corrected chi connectivity index (χ0v) is 9.25. The molecule has 1 aliphatic carbocycles. The molecule has 14 heavy (non-hydrogen) atoms. The first kappa shape index (κ1) is 9.72. The standard InChI is InChI=1S/C13H19N/c1-9-4-6-12(7-5-9)11(3)14-13-8-10(13)2/h4-7,10-11,13-14H,8H2,1-3H3. The van der Waals surface area contributed by atoms with Gasteiger partial charge in [-0.05, 0) is 31.7 Å². The van der Waals surface area contributed by atoms with Crippen LogP contribution in [0.25, 0.3) is 0 Å². The summed E-state index contributed by atoms with van der Waals surface area (Å²) in [6.45, 7) is 6.68. The molecule has 76 valence electrons. The van der Waals surface area contributed by atoms with Gasteiger partial charge in [0.15, 0.2) is 0 Å². The summed E-state index contributed by atoms with van der Waals surface area (Å²) in [6.07, 6.45) is 1.34. The fourth-order valence-corrected chi connectivity index (χ4v) is 1.83. The number of aryl methyl sites for hydroxylation is 1. The van der Waals surface area contributed by atoms with Crippen LogP contribution in [0.2, 0.25) is 0 Å². The zero-order valence-electron chi connectivity index (χ0n) is 9.25. The Morgan fingerprint density at radius 3 is 2.36 bits per heavy atom. The topological polar surface area (TPSA) is 12.0 Å². The normalized spacial score (nSPS) is 27.4. The van der Waals surface area contributed by atoms with Crippen molar-refractivity contribution < 1.29 is 0 Å². The summed E-state index contributed by atoms with van der Waals surface area (Å²) < 4.78 is 0. The lowest BCUT2D eigenvalue weighted by molar-refractivity contribution is 0.552. The van der Waals surface area contributed by atoms with Crippen molar-refractivity contribution in [2.45, 2.75) is 39.3 Å². The fourth-order valence-electron chi connectivity index (χ4n) is 1.83. The molecule has 0 saturated heterocycles. The van der Waals surface area contributed by atoms with E-state index in [4.69, 9.17) is 0 Å². The van der Waals surface area contributed by atoms with Crippen LogP contribution >= 0.6 is 0 Å². The van der Waals surface area contributed by atoms with E-state index in [9.17, 15) is 0 Å². The van der Waals surface area contributed by atoms with Crippen LogP contribution in [-0.2, 0) is 0 Å². The van der Waals surface area contributed by atoms with Gasteiger partial charge in [-0.25, -0.2) is 0 Å². The van der Waals surface area contributed by atoms with E-state index in [1.54, 1.807) is 0 Å². The second kappa shape index (κ2) is 3.74. The lowest BCUT2D eigenvalue weighted by atomic mass is 10.1. The third-order valence-electron chi connectivity index (χ3n) is 3.15. The molecule has 3 unspecified atom stereocenters. The van der Waals surface area contributed by atoms with E-state index in [2.05, 4.69) is 50.4 Å². The lowest BCUT2D eigenvalue weighted by Crippen LogP contribution is -2.21. The van der Waals surface area contributed by atoms with Crippen molar-refractivity contribution in [3.63, 3.8) is 0 Å². The van der Waals surface area contributed by atoms with Crippen LogP contribution in [0, 0.1) is 12.8 Å². The highest BCUT2D eigenvalue weighted by atomic mass is 15.0. The third-order valence-corrected chi connectivity index (χ3v) is 3.15. The summed E-state index contributed by atoms with van der Waals surface area (Å²) in [5.41, 5.74) is 2.73. The van der Waals surface area contributed by atoms with Gasteiger partial charge in [0.2, 0.25) is 0 Å². The Kier molecular flexibility index (Phi) is 2.60. The van der Waals surface area contributed by atoms with Crippen molar-refractivity contribution in [1.29, 1.82) is 0 Å². The Labute approximate surface area is 86.5 Å². The minimum atomic E-state index is 0.491. The Morgan fingerprint density at radius 2 is 1.86 bits per heavy atom. The predicted octanol–water partition coefficient (Wildman–Crippen LogP) is 3.05. The van der Waals surface area contributed by atoms with Crippen molar-refractivity contribution in [2.75, 3.05) is 0 Å². The van der Waals surface area contributed by atoms with Gasteiger partial charge in [-0.3, -0.25) is 0 Å². The van der Waals surface area contributed by atoms with E-state index in [0.717, 1.165) is 12.0 Å². The number of hydrogen-bond acceptors (Lipinski definition) is 1. The highest BCUT2D eigenvalue weighted by Crippen LogP contribution is 2.31. The highest BCUT2D eigenvalue weighted by molar-refractivity contribution is 5.24. The molecule has 0 bridgehead atoms. The van der Waals surface area contributed by atoms with E-state index >= 15 is 0 Å². The monoisotopic (exact) mass is 189 g/mol. The maximum absolute atomic E-state index is 3.64. The van der Waals surface area contributed by atoms with Crippen molar-refractivity contribution in [3.8, 4) is 0 Å². The number of hydrogen-bond donors (Lipinski definition) is 1. The average molecular weight is 189 g/mol. The lowest BCUT2D eigenvalue weighted by Gasteiger charge is -2.14. The summed E-state index contributed by atoms with van der Waals surface area (Å²) >= 11 is 0. The first-order chi connectivity index (χ1) is 6.66. The van der Waals surface area contributed by atoms with Gasteiger partial charge in [0.05, 0.1) is 0 Å². The van der Waals surface area contributed by atoms with E-state index in [0.29, 0.717) is 6.04 Å². The first-order valence-electron chi connectivity index (χ1n) is 5.49. The highest BCUT2D eigenvalue weighted by Gasteiger charge is 2.33. The van der Waals surface area contributed by atoms with E-state index in [-0.39, 0.29) is 0 Å². The maximum atomic E-state index is 3.64. The molecule has 1 aromatic rings. The molecule has 2 rings (SSSR count). The number of rotatable bonds is 3. The third kappa shape index (κ3) is 2.16. The van der Waals surface area contributed by atoms with Gasteiger partial charge >= 0.3 is 0 Å². The Morgan fingerprint density at radius 1 is 1.29 bits per heavy atom. The van der Waals surface area contributed by atoms with Gasteiger partial charge in [0, 0.05) is 12.1 Å². The Balaban J connectivity index is 1.96. The molecule has 0 spiro atoms. The summed E-state index contributed by atoms with van der Waals surface area (Å²) in [4.78, 5) is 0. The molecule has 0 aromatic heterocycles. The van der Waals surface area contributed by atoms with Crippen LogP contribution in [0.15, 0.2) is 24.3 Å². The van der Waals surface area contributed by atoms with Gasteiger partial charge in [-0.2, -0.15) is 0 Å². The van der Waals surface area contributed by atoms with Gasteiger partial charge in [0.25, 0.3) is 0 Å². The summed E-state index contributed by atoms with van der Waals surface area (Å²) in [5, 5.41) is 3.64. The fraction of sp³-hybridized carbons (Fsp3) is 0.538. The molecule has 0 heterocycles. The van der Waals surface area contributed by atoms with Gasteiger partial charge in [-0.15, -0.1) is 0 Å². The van der Waals surface area contributed by atoms with E-state index in [1.165, 1.54) is 17.5 Å². The van der Waals surface area contributed by atoms with Crippen LogP contribution in [0.5, 0.6) is 0 Å². The van der Waals surface area contributed by atoms with Crippen molar-refractivity contribution in [2.24, 2.45) is 5.92 Å². The molecule has 0 amide bonds. The van der Waals surface area contributed by atoms with E-state index < -0.39 is 0 Å². The summed E-state index contributed by atoms with van der Waals surface area (Å²) in [6, 6.07) is 10.1. The van der Waals surface area contributed by atoms with Crippen LogP contribution in [0.3, 0.4) is 0 Å². The molecule has 0 radical (unpaired) electrons. The molecule has 1 nitrogen and oxygen atoms in total. The molecular formula is C13H19N. The van der Waals surface area contributed by atoms with Gasteiger partial charge in [-0.1, -0.05) is 36.8 Å². The second-order valence-corrected chi connectivity index (χ2v) is 4.62. The maximum Gasteiger partial charge on any atom is 0.0294 e. The summed E-state index contributed by atoms with van der Waals surface area (Å²) in [7, 11) is 0. The molecule has 1 saturated carbocycles. The van der Waals surface area contributed by atoms with Crippen LogP contribution in [-0.4, -0.2) is 6.04 Å². The Hall–Kier alpha value is -0.820. The van der Waals surface area contributed by atoms with Crippen molar-refractivity contribution in [3.05, 3.63) is 35.4 Å². The molecule has 1 aromatic carbocycles. The minimum Gasteiger partial charge on any atom is -0.307 e. The van der Waals surface area contributed by atoms with Crippen LogP contribution < -0.4 is 5.32 Å². The van der Waals surface area contributed by atoms with E-state index in [1.807, 2.05) is 0 Å². The number of benzene rings is 1. The SMILES string of the molecule is Cc1ccc(C(C)NC2CC2C)cc1. The smallest absolute Gasteiger partial charge is 0.0294 e. The molecular weight excluding hydrogens is 170 g/mol. The quantitative estimate of drug-likeness (QED) is 0.770. The minimum absolute atomic E-state index is 0.491. The van der Waals surface area contributed by atoms with Gasteiger partial charge < -0.3 is 5.32 Å². The second-order valence-electron chi connectivity index (χ2n) is 4.62. The Bertz CT molecular complexity index is 302. The van der Waals surface area contributed by atoms with Crippen LogP contribution in [0.4, 0.5) is 0 Å². The first-order valence-corrected chi connectivity index (χ1v) is 5.49. The molecule has 1 N–H and O–H groups in total. The number of nitrogens with one attached hydrogen (secondary N) is 1. The largest absolute Gasteiger partial charge is 0.307 e. The van der Waals surface area contributed by atoms with Crippen LogP contribution in [0.1, 0.15) is 37.4 Å². The average Bonchev–Trinajstić information content (AvgIpc) is 2.82. The van der Waals surface area contributed by atoms with Crippen molar-refractivity contribution in [1.82, 2.24) is 5.32 Å². The molecule has 1 aliphatic rings. The molecule has 1 fully saturated rings. The van der Waals surface area contributed by atoms with Crippen molar-refractivity contribution >= 4 is 0 Å². The summed E-state index contributed by atoms with van der Waals surface area (Å²) in [5.74, 6) is 0.878. The molecule has 0 aliphatic heterocycles. The van der Waals surface area contributed by atoms with Gasteiger partial charge in [0.1, 0.15) is 0 Å². The molecule has 1 heteroatoms. The predicted molar refractivity (Wildman–Crippen MR) is 60.3 cm³/mol. The molecule has 3 atom stereocenters.